The Hall–Kier alpha value is -1.14. The topological polar surface area (TPSA) is 29.5 Å². The van der Waals surface area contributed by atoms with Gasteiger partial charge in [0, 0.05) is 22.5 Å². The Morgan fingerprint density at radius 3 is 2.78 bits per heavy atom. The quantitative estimate of drug-likeness (QED) is 0.679. The first-order valence-electron chi connectivity index (χ1n) is 7.21. The van der Waals surface area contributed by atoms with Crippen LogP contribution in [-0.4, -0.2) is 30.5 Å². The molecular formula is C17H15BrClNO2S. The lowest BCUT2D eigenvalue weighted by molar-refractivity contribution is -0.133. The minimum Gasteiger partial charge on any atom is -0.370 e. The van der Waals surface area contributed by atoms with E-state index in [-0.39, 0.29) is 12.0 Å². The maximum absolute atomic E-state index is 12.4. The van der Waals surface area contributed by atoms with E-state index in [9.17, 15) is 4.79 Å². The number of halogens is 2. The van der Waals surface area contributed by atoms with Gasteiger partial charge in [0.2, 0.25) is 5.91 Å². The molecular weight excluding hydrogens is 398 g/mol. The molecule has 0 N–H and O–H groups in total. The molecule has 0 radical (unpaired) electrons. The summed E-state index contributed by atoms with van der Waals surface area (Å²) in [4.78, 5) is 15.2. The van der Waals surface area contributed by atoms with Gasteiger partial charge in [0.25, 0.3) is 0 Å². The highest BCUT2D eigenvalue weighted by Gasteiger charge is 2.24. The van der Waals surface area contributed by atoms with Crippen LogP contribution in [0.1, 0.15) is 16.5 Å². The van der Waals surface area contributed by atoms with E-state index >= 15 is 0 Å². The molecule has 1 amide bonds. The summed E-state index contributed by atoms with van der Waals surface area (Å²) in [5.74, 6) is 0.0109. The molecule has 1 aliphatic heterocycles. The third kappa shape index (κ3) is 4.44. The molecule has 1 atom stereocenters. The van der Waals surface area contributed by atoms with Crippen LogP contribution in [0, 0.1) is 0 Å². The highest BCUT2D eigenvalue weighted by molar-refractivity contribution is 9.11. The van der Waals surface area contributed by atoms with E-state index < -0.39 is 0 Å². The van der Waals surface area contributed by atoms with Gasteiger partial charge < -0.3 is 9.64 Å². The number of thiophene rings is 1. The van der Waals surface area contributed by atoms with Gasteiger partial charge in [-0.15, -0.1) is 11.3 Å². The predicted molar refractivity (Wildman–Crippen MR) is 97.8 cm³/mol. The number of hydrogen-bond acceptors (Lipinski definition) is 3. The van der Waals surface area contributed by atoms with Crippen molar-refractivity contribution >= 4 is 50.9 Å². The summed E-state index contributed by atoms with van der Waals surface area (Å²) in [6, 6.07) is 11.5. The van der Waals surface area contributed by atoms with Crippen LogP contribution in [0.4, 0.5) is 0 Å². The Morgan fingerprint density at radius 1 is 1.30 bits per heavy atom. The minimum atomic E-state index is -0.103. The van der Waals surface area contributed by atoms with Gasteiger partial charge >= 0.3 is 0 Å². The average molecular weight is 413 g/mol. The van der Waals surface area contributed by atoms with Crippen molar-refractivity contribution < 1.29 is 9.53 Å². The molecule has 120 valence electrons. The summed E-state index contributed by atoms with van der Waals surface area (Å²) < 4.78 is 6.84. The van der Waals surface area contributed by atoms with Crippen LogP contribution < -0.4 is 0 Å². The summed E-state index contributed by atoms with van der Waals surface area (Å²) in [6.07, 6.45) is 3.38. The van der Waals surface area contributed by atoms with E-state index in [4.69, 9.17) is 16.3 Å². The molecule has 0 spiro atoms. The molecule has 1 aromatic heterocycles. The molecule has 0 aliphatic carbocycles. The first-order chi connectivity index (χ1) is 11.1. The van der Waals surface area contributed by atoms with E-state index in [1.807, 2.05) is 47.4 Å². The number of rotatable bonds is 3. The van der Waals surface area contributed by atoms with Crippen LogP contribution in [0.2, 0.25) is 5.02 Å². The Morgan fingerprint density at radius 2 is 2.09 bits per heavy atom. The fraction of sp³-hybridized carbons (Fsp3) is 0.235. The lowest BCUT2D eigenvalue weighted by atomic mass is 10.1. The van der Waals surface area contributed by atoms with Crippen molar-refractivity contribution in [1.29, 1.82) is 0 Å². The zero-order valence-electron chi connectivity index (χ0n) is 12.2. The highest BCUT2D eigenvalue weighted by Crippen LogP contribution is 2.25. The Bertz CT molecular complexity index is 714. The van der Waals surface area contributed by atoms with Gasteiger partial charge in [-0.1, -0.05) is 23.7 Å². The summed E-state index contributed by atoms with van der Waals surface area (Å²) in [7, 11) is 0. The first-order valence-corrected chi connectivity index (χ1v) is 9.20. The molecule has 23 heavy (non-hydrogen) atoms. The Balaban J connectivity index is 1.64. The second-order valence-electron chi connectivity index (χ2n) is 5.17. The third-order valence-electron chi connectivity index (χ3n) is 3.60. The van der Waals surface area contributed by atoms with Gasteiger partial charge in [0.15, 0.2) is 0 Å². The molecule has 0 saturated carbocycles. The second kappa shape index (κ2) is 7.62. The first kappa shape index (κ1) is 16.7. The maximum Gasteiger partial charge on any atom is 0.246 e. The van der Waals surface area contributed by atoms with E-state index in [2.05, 4.69) is 15.9 Å². The monoisotopic (exact) mass is 411 g/mol. The third-order valence-corrected chi connectivity index (χ3v) is 5.44. The van der Waals surface area contributed by atoms with Crippen molar-refractivity contribution in [1.82, 2.24) is 4.90 Å². The summed E-state index contributed by atoms with van der Waals surface area (Å²) >= 11 is 10.9. The minimum absolute atomic E-state index is 0.0109. The van der Waals surface area contributed by atoms with Crippen LogP contribution >= 0.6 is 38.9 Å². The van der Waals surface area contributed by atoms with Gasteiger partial charge in [-0.3, -0.25) is 4.79 Å². The molecule has 1 unspecified atom stereocenters. The average Bonchev–Trinajstić information content (AvgIpc) is 2.99. The van der Waals surface area contributed by atoms with Crippen LogP contribution in [-0.2, 0) is 9.53 Å². The number of nitrogens with zero attached hydrogens (tertiary/aromatic N) is 1. The van der Waals surface area contributed by atoms with E-state index in [1.54, 1.807) is 17.4 Å². The molecule has 1 aliphatic rings. The Kier molecular flexibility index (Phi) is 5.54. The van der Waals surface area contributed by atoms with Gasteiger partial charge in [0.1, 0.15) is 6.10 Å². The largest absolute Gasteiger partial charge is 0.370 e. The van der Waals surface area contributed by atoms with Crippen molar-refractivity contribution in [2.24, 2.45) is 0 Å². The number of carbonyl (C=O) groups is 1. The van der Waals surface area contributed by atoms with E-state index in [1.165, 1.54) is 0 Å². The normalized spacial score (nSPS) is 18.5. The van der Waals surface area contributed by atoms with Crippen molar-refractivity contribution in [3.05, 3.63) is 61.7 Å². The zero-order valence-corrected chi connectivity index (χ0v) is 15.4. The number of amides is 1. The number of hydrogen-bond donors (Lipinski definition) is 0. The summed E-state index contributed by atoms with van der Waals surface area (Å²) in [5.41, 5.74) is 1.04. The molecule has 3 rings (SSSR count). The number of carbonyl (C=O) groups excluding carboxylic acids is 1. The van der Waals surface area contributed by atoms with Gasteiger partial charge in [-0.2, -0.15) is 0 Å². The van der Waals surface area contributed by atoms with Gasteiger partial charge in [-0.25, -0.2) is 0 Å². The molecule has 1 aromatic carbocycles. The number of morpholine rings is 1. The van der Waals surface area contributed by atoms with Crippen molar-refractivity contribution in [3.8, 4) is 0 Å². The van der Waals surface area contributed by atoms with Crippen LogP contribution in [0.3, 0.4) is 0 Å². The van der Waals surface area contributed by atoms with Crippen LogP contribution in [0.5, 0.6) is 0 Å². The second-order valence-corrected chi connectivity index (χ2v) is 8.10. The fourth-order valence-corrected chi connectivity index (χ4v) is 3.86. The fourth-order valence-electron chi connectivity index (χ4n) is 2.41. The standard InChI is InChI=1S/C17H15BrClNO2S/c18-16-7-5-14(23-16)6-8-17(21)20-9-10-22-15(11-20)12-1-3-13(19)4-2-12/h1-8,15H,9-11H2/b8-6+. The molecule has 2 heterocycles. The number of benzene rings is 1. The predicted octanol–water partition coefficient (Wildman–Crippen LogP) is 4.78. The van der Waals surface area contributed by atoms with Crippen LogP contribution in [0.15, 0.2) is 46.3 Å². The SMILES string of the molecule is O=C(/C=C/c1ccc(Br)s1)N1CCOC(c2ccc(Cl)cc2)C1. The lowest BCUT2D eigenvalue weighted by Crippen LogP contribution is -2.41. The van der Waals surface area contributed by atoms with Gasteiger partial charge in [-0.05, 0) is 51.8 Å². The van der Waals surface area contributed by atoms with Crippen molar-refractivity contribution in [3.63, 3.8) is 0 Å². The molecule has 3 nitrogen and oxygen atoms in total. The maximum atomic E-state index is 12.4. The molecule has 0 bridgehead atoms. The summed E-state index contributed by atoms with van der Waals surface area (Å²) in [6.45, 7) is 1.71. The highest BCUT2D eigenvalue weighted by atomic mass is 79.9. The molecule has 1 fully saturated rings. The molecule has 6 heteroatoms. The van der Waals surface area contributed by atoms with Crippen molar-refractivity contribution in [2.75, 3.05) is 19.7 Å². The summed E-state index contributed by atoms with van der Waals surface area (Å²) in [5, 5.41) is 0.697. The van der Waals surface area contributed by atoms with Gasteiger partial charge in [0.05, 0.1) is 16.9 Å². The Labute approximate surface area is 152 Å². The molecule has 1 saturated heterocycles. The van der Waals surface area contributed by atoms with E-state index in [0.29, 0.717) is 24.7 Å². The van der Waals surface area contributed by atoms with E-state index in [0.717, 1.165) is 14.2 Å². The van der Waals surface area contributed by atoms with Crippen LogP contribution in [0.25, 0.3) is 6.08 Å². The van der Waals surface area contributed by atoms with Crippen molar-refractivity contribution in [2.45, 2.75) is 6.10 Å². The lowest BCUT2D eigenvalue weighted by Gasteiger charge is -2.32. The zero-order chi connectivity index (χ0) is 16.2. The number of ether oxygens (including phenoxy) is 1. The smallest absolute Gasteiger partial charge is 0.246 e. The molecule has 2 aromatic rings.